The molecule has 6 nitrogen and oxygen atoms in total. The molecule has 0 fully saturated rings. The van der Waals surface area contributed by atoms with E-state index in [4.69, 9.17) is 9.53 Å². The number of nitrogens with one attached hydrogen (secondary N) is 2. The minimum absolute atomic E-state index is 0. The van der Waals surface area contributed by atoms with Crippen molar-refractivity contribution in [3.05, 3.63) is 60.7 Å². The topological polar surface area (TPSA) is 73.6 Å². The number of carbonyl (C=O) groups is 1. The second-order valence-electron chi connectivity index (χ2n) is 10.5. The maximum Gasteiger partial charge on any atom is 0.346 e. The number of guanidine groups is 1. The van der Waals surface area contributed by atoms with Crippen molar-refractivity contribution in [3.8, 4) is 0 Å². The van der Waals surface area contributed by atoms with Crippen molar-refractivity contribution in [2.75, 3.05) is 31.2 Å². The summed E-state index contributed by atoms with van der Waals surface area (Å²) in [7, 11) is -2.56. The minimum atomic E-state index is -2.56. The molecule has 0 spiro atoms. The van der Waals surface area contributed by atoms with E-state index in [1.165, 1.54) is 22.1 Å². The molecule has 0 aliphatic carbocycles. The highest BCUT2D eigenvalue weighted by Crippen LogP contribution is 2.36. The molecule has 0 aromatic heterocycles. The average molecular weight is 548 g/mol. The molecule has 36 heavy (non-hydrogen) atoms. The number of halogens is 1. The van der Waals surface area contributed by atoms with Gasteiger partial charge in [0, 0.05) is 18.6 Å². The van der Waals surface area contributed by atoms with Crippen molar-refractivity contribution < 1.29 is 31.3 Å². The number of thioether (sulfide) groups is 1. The van der Waals surface area contributed by atoms with Crippen LogP contribution >= 0.6 is 11.8 Å². The molecule has 0 saturated carbocycles. The van der Waals surface area contributed by atoms with Crippen molar-refractivity contribution in [2.24, 2.45) is 0 Å². The van der Waals surface area contributed by atoms with E-state index in [1.54, 1.807) is 0 Å². The fourth-order valence-corrected chi connectivity index (χ4v) is 10.7. The molecule has 2 unspecified atom stereocenters. The fourth-order valence-electron chi connectivity index (χ4n) is 5.24. The second kappa shape index (κ2) is 12.5. The third kappa shape index (κ3) is 6.46. The Morgan fingerprint density at radius 2 is 1.53 bits per heavy atom. The summed E-state index contributed by atoms with van der Waals surface area (Å²) in [6, 6.07) is 22.1. The van der Waals surface area contributed by atoms with E-state index in [1.807, 2.05) is 0 Å². The van der Waals surface area contributed by atoms with E-state index in [2.05, 4.69) is 96.6 Å². The van der Waals surface area contributed by atoms with Gasteiger partial charge >= 0.3 is 11.9 Å². The van der Waals surface area contributed by atoms with Crippen LogP contribution in [0.5, 0.6) is 0 Å². The molecule has 2 heterocycles. The van der Waals surface area contributed by atoms with E-state index in [0.717, 1.165) is 37.6 Å². The summed E-state index contributed by atoms with van der Waals surface area (Å²) in [6.07, 6.45) is 2.06. The van der Waals surface area contributed by atoms with Crippen LogP contribution in [-0.2, 0) is 9.22 Å². The molecule has 9 heteroatoms. The van der Waals surface area contributed by atoms with Crippen LogP contribution in [-0.4, -0.2) is 73.2 Å². The molecular formula is C27H38ClN3O3SSi. The van der Waals surface area contributed by atoms with Gasteiger partial charge in [0.1, 0.15) is 0 Å². The Bertz CT molecular complexity index is 994. The van der Waals surface area contributed by atoms with Gasteiger partial charge in [0.2, 0.25) is 0 Å². The lowest BCUT2D eigenvalue weighted by Gasteiger charge is -2.44. The molecule has 0 amide bonds. The van der Waals surface area contributed by atoms with Crippen LogP contribution in [0.4, 0.5) is 0 Å². The van der Waals surface area contributed by atoms with Gasteiger partial charge in [0.25, 0.3) is 8.32 Å². The second-order valence-corrected chi connectivity index (χ2v) is 15.8. The highest BCUT2D eigenvalue weighted by molar-refractivity contribution is 7.99. The summed E-state index contributed by atoms with van der Waals surface area (Å²) in [5.41, 5.74) is 0. The third-order valence-corrected chi connectivity index (χ3v) is 13.0. The normalized spacial score (nSPS) is 20.0. The first-order chi connectivity index (χ1) is 16.8. The van der Waals surface area contributed by atoms with Crippen molar-refractivity contribution in [1.29, 1.82) is 0 Å². The zero-order chi connectivity index (χ0) is 24.9. The zero-order valence-corrected chi connectivity index (χ0v) is 23.9. The van der Waals surface area contributed by atoms with Gasteiger partial charge in [-0.05, 0) is 15.4 Å². The number of rotatable bonds is 9. The summed E-state index contributed by atoms with van der Waals surface area (Å²) in [6.45, 7) is 9.57. The van der Waals surface area contributed by atoms with Crippen molar-refractivity contribution >= 4 is 42.4 Å². The first kappa shape index (κ1) is 28.6. The van der Waals surface area contributed by atoms with Crippen LogP contribution in [0.2, 0.25) is 5.04 Å². The van der Waals surface area contributed by atoms with E-state index in [9.17, 15) is 4.79 Å². The quantitative estimate of drug-likeness (QED) is 0.290. The largest absolute Gasteiger partial charge is 1.00 e. The van der Waals surface area contributed by atoms with Crippen LogP contribution in [0.1, 0.15) is 33.6 Å². The molecule has 0 bridgehead atoms. The number of hydrogen-bond acceptors (Lipinski definition) is 5. The lowest BCUT2D eigenvalue weighted by atomic mass is 10.1. The summed E-state index contributed by atoms with van der Waals surface area (Å²) in [5.74, 6) is 1.27. The molecule has 3 N–H and O–H groups in total. The standard InChI is InChI=1S/C27H37N3O3SSi.ClH/c1-27(2,3)35(23-10-6-4-7-11-23,24-12-8-5-9-13-24)33-18-21-14-16-30-17-15-22(29-26(30)28-21)19-34-20-25(31)32;/h4-13,21-22H,14-20H2,1-3H3,(H2,28,29,31,32);1H. The maximum absolute atomic E-state index is 10.9. The zero-order valence-electron chi connectivity index (χ0n) is 21.4. The number of carboxylic acid groups (broad SMARTS) is 1. The number of aliphatic carboxylic acids is 1. The number of carboxylic acids is 1. The SMILES string of the molecule is CC(C)(C)[Si](OCC1CC[N+]2=C(N1)NC(CSCC(=O)O)CC2)(c1ccccc1)c1ccccc1.[Cl-]. The number of benzene rings is 2. The Morgan fingerprint density at radius 1 is 1.00 bits per heavy atom. The maximum atomic E-state index is 10.9. The molecule has 0 radical (unpaired) electrons. The van der Waals surface area contributed by atoms with Gasteiger partial charge in [-0.2, -0.15) is 0 Å². The van der Waals surface area contributed by atoms with Crippen LogP contribution in [0.25, 0.3) is 0 Å². The lowest BCUT2D eigenvalue weighted by molar-refractivity contribution is -0.542. The molecule has 4 rings (SSSR count). The summed E-state index contributed by atoms with van der Waals surface area (Å²) in [5, 5.41) is 18.8. The van der Waals surface area contributed by atoms with Crippen molar-refractivity contribution in [2.45, 2.75) is 50.7 Å². The third-order valence-electron chi connectivity index (χ3n) is 6.96. The lowest BCUT2D eigenvalue weighted by Crippen LogP contribution is -3.00. The fraction of sp³-hybridized carbons (Fsp3) is 0.481. The summed E-state index contributed by atoms with van der Waals surface area (Å²) in [4.78, 5) is 10.9. The van der Waals surface area contributed by atoms with Gasteiger partial charge in [0.15, 0.2) is 0 Å². The van der Waals surface area contributed by atoms with Crippen molar-refractivity contribution in [1.82, 2.24) is 10.6 Å². The van der Waals surface area contributed by atoms with E-state index in [0.29, 0.717) is 6.61 Å². The Morgan fingerprint density at radius 3 is 2.06 bits per heavy atom. The monoisotopic (exact) mass is 547 g/mol. The molecule has 2 aliphatic heterocycles. The van der Waals surface area contributed by atoms with E-state index in [-0.39, 0.29) is 35.3 Å². The highest BCUT2D eigenvalue weighted by Gasteiger charge is 2.50. The first-order valence-corrected chi connectivity index (χ1v) is 15.6. The van der Waals surface area contributed by atoms with Crippen molar-refractivity contribution in [3.63, 3.8) is 0 Å². The van der Waals surface area contributed by atoms with Gasteiger partial charge in [0.05, 0.1) is 37.5 Å². The number of hydrogen-bond donors (Lipinski definition) is 3. The molecular weight excluding hydrogens is 510 g/mol. The van der Waals surface area contributed by atoms with E-state index >= 15 is 0 Å². The predicted octanol–water partition coefficient (Wildman–Crippen LogP) is -0.523. The Hall–Kier alpha value is -2.00. The van der Waals surface area contributed by atoms with Gasteiger partial charge in [-0.15, -0.1) is 11.8 Å². The smallest absolute Gasteiger partial charge is 0.346 e. The van der Waals surface area contributed by atoms with Crippen LogP contribution in [0.3, 0.4) is 0 Å². The molecule has 2 atom stereocenters. The van der Waals surface area contributed by atoms with Gasteiger partial charge in [-0.1, -0.05) is 81.4 Å². The molecule has 2 aliphatic rings. The van der Waals surface area contributed by atoms with Gasteiger partial charge in [-0.25, -0.2) is 0 Å². The molecule has 0 saturated heterocycles. The highest BCUT2D eigenvalue weighted by atomic mass is 35.5. The Kier molecular flexibility index (Phi) is 9.91. The van der Waals surface area contributed by atoms with Crippen LogP contribution < -0.4 is 33.4 Å². The summed E-state index contributed by atoms with van der Waals surface area (Å²) < 4.78 is 9.52. The predicted molar refractivity (Wildman–Crippen MR) is 147 cm³/mol. The molecule has 196 valence electrons. The minimum Gasteiger partial charge on any atom is -1.00 e. The molecule has 2 aromatic rings. The Labute approximate surface area is 226 Å². The Balaban J connectivity index is 0.00000361. The average Bonchev–Trinajstić information content (AvgIpc) is 2.84. The van der Waals surface area contributed by atoms with Gasteiger partial charge in [-0.3, -0.25) is 20.0 Å². The summed E-state index contributed by atoms with van der Waals surface area (Å²) >= 11 is 1.48. The van der Waals surface area contributed by atoms with Gasteiger partial charge < -0.3 is 21.9 Å². The number of nitrogens with zero attached hydrogens (tertiary/aromatic N) is 1. The molecule has 2 aromatic carbocycles. The first-order valence-electron chi connectivity index (χ1n) is 12.5. The van der Waals surface area contributed by atoms with E-state index < -0.39 is 14.3 Å². The van der Waals surface area contributed by atoms with Crippen LogP contribution in [0.15, 0.2) is 60.7 Å². The van der Waals surface area contributed by atoms with Crippen LogP contribution in [0, 0.1) is 0 Å².